The number of pyridine rings is 1. The van der Waals surface area contributed by atoms with Gasteiger partial charge in [-0.25, -0.2) is 14.2 Å². The fourth-order valence-electron chi connectivity index (χ4n) is 2.39. The van der Waals surface area contributed by atoms with E-state index < -0.39 is 41.4 Å². The molecule has 2 aromatic rings. The van der Waals surface area contributed by atoms with E-state index in [2.05, 4.69) is 21.6 Å². The Morgan fingerprint density at radius 3 is 2.48 bits per heavy atom. The predicted octanol–water partition coefficient (Wildman–Crippen LogP) is 3.77. The van der Waals surface area contributed by atoms with Crippen LogP contribution in [0.5, 0.6) is 5.75 Å². The van der Waals surface area contributed by atoms with Crippen molar-refractivity contribution in [2.75, 3.05) is 19.5 Å². The monoisotopic (exact) mass is 412 g/mol. The van der Waals surface area contributed by atoms with Gasteiger partial charge in [0.2, 0.25) is 5.91 Å². The number of nitrogens with one attached hydrogen (secondary N) is 1. The number of nitrogens with zero attached hydrogens (tertiary/aromatic N) is 1. The highest BCUT2D eigenvalue weighted by atomic mass is 19.4. The zero-order chi connectivity index (χ0) is 21.8. The molecule has 0 aliphatic heterocycles. The van der Waals surface area contributed by atoms with Crippen LogP contribution in [-0.4, -0.2) is 37.3 Å². The molecule has 10 heteroatoms. The molecule has 1 heterocycles. The van der Waals surface area contributed by atoms with E-state index >= 15 is 0 Å². The number of halogens is 4. The molecule has 1 aromatic carbocycles. The summed E-state index contributed by atoms with van der Waals surface area (Å²) >= 11 is 0. The molecule has 2 rings (SSSR count). The van der Waals surface area contributed by atoms with Crippen molar-refractivity contribution in [3.63, 3.8) is 0 Å². The molecule has 0 unspecified atom stereocenters. The second-order valence-electron chi connectivity index (χ2n) is 5.77. The summed E-state index contributed by atoms with van der Waals surface area (Å²) in [4.78, 5) is 27.5. The van der Waals surface area contributed by atoms with Crippen molar-refractivity contribution in [2.45, 2.75) is 12.6 Å². The Hall–Kier alpha value is -3.43. The van der Waals surface area contributed by atoms with E-state index in [0.29, 0.717) is 6.07 Å². The minimum absolute atomic E-state index is 0.0480. The fourth-order valence-corrected chi connectivity index (χ4v) is 2.39. The maximum absolute atomic E-state index is 14.3. The minimum Gasteiger partial charge on any atom is -0.496 e. The van der Waals surface area contributed by atoms with Crippen molar-refractivity contribution in [3.05, 3.63) is 59.7 Å². The first-order valence-corrected chi connectivity index (χ1v) is 8.04. The van der Waals surface area contributed by atoms with E-state index in [4.69, 9.17) is 4.74 Å². The first-order valence-electron chi connectivity index (χ1n) is 8.04. The van der Waals surface area contributed by atoms with Gasteiger partial charge in [0.15, 0.2) is 0 Å². The van der Waals surface area contributed by atoms with Crippen LogP contribution in [0.25, 0.3) is 5.57 Å². The third kappa shape index (κ3) is 5.31. The van der Waals surface area contributed by atoms with Gasteiger partial charge in [-0.3, -0.25) is 4.79 Å². The first kappa shape index (κ1) is 21.9. The lowest BCUT2D eigenvalue weighted by atomic mass is 10.0. The van der Waals surface area contributed by atoms with Crippen molar-refractivity contribution in [1.29, 1.82) is 0 Å². The number of esters is 1. The number of ether oxygens (including phenoxy) is 2. The Kier molecular flexibility index (Phi) is 6.57. The Morgan fingerprint density at radius 2 is 1.90 bits per heavy atom. The van der Waals surface area contributed by atoms with Gasteiger partial charge in [0.05, 0.1) is 26.2 Å². The van der Waals surface area contributed by atoms with Gasteiger partial charge in [-0.15, -0.1) is 0 Å². The standard InChI is InChI=1S/C19H16F4N2O4/c1-10(19(21,22)23)13-9-14(20)11(6-16(13)28-2)7-17(26)25-12-4-5-24-15(8-12)18(27)29-3/h4-6,8-9H,1,7H2,2-3H3,(H,24,25,26). The predicted molar refractivity (Wildman–Crippen MR) is 96.0 cm³/mol. The fraction of sp³-hybridized carbons (Fsp3) is 0.211. The molecule has 0 fully saturated rings. The van der Waals surface area contributed by atoms with E-state index in [0.717, 1.165) is 13.2 Å². The summed E-state index contributed by atoms with van der Waals surface area (Å²) in [6, 6.07) is 4.29. The molecule has 0 aliphatic carbocycles. The van der Waals surface area contributed by atoms with Crippen LogP contribution in [0.4, 0.5) is 23.2 Å². The summed E-state index contributed by atoms with van der Waals surface area (Å²) in [6.45, 7) is 2.93. The van der Waals surface area contributed by atoms with Crippen LogP contribution in [0.1, 0.15) is 21.6 Å². The van der Waals surface area contributed by atoms with Crippen LogP contribution in [0.3, 0.4) is 0 Å². The van der Waals surface area contributed by atoms with E-state index in [1.165, 1.54) is 25.4 Å². The van der Waals surface area contributed by atoms with Crippen LogP contribution in [-0.2, 0) is 16.0 Å². The molecule has 0 bridgehead atoms. The third-order valence-corrected chi connectivity index (χ3v) is 3.83. The molecular weight excluding hydrogens is 396 g/mol. The lowest BCUT2D eigenvalue weighted by molar-refractivity contribution is -0.115. The van der Waals surface area contributed by atoms with E-state index in [1.54, 1.807) is 0 Å². The van der Waals surface area contributed by atoms with Crippen molar-refractivity contribution in [1.82, 2.24) is 4.98 Å². The number of methoxy groups -OCH3 is 2. The van der Waals surface area contributed by atoms with Gasteiger partial charge in [-0.2, -0.15) is 13.2 Å². The number of benzene rings is 1. The highest BCUT2D eigenvalue weighted by Crippen LogP contribution is 2.38. The van der Waals surface area contributed by atoms with E-state index in [-0.39, 0.29) is 22.7 Å². The SMILES string of the molecule is C=C(c1cc(F)c(CC(=O)Nc2ccnc(C(=O)OC)c2)cc1OC)C(F)(F)F. The van der Waals surface area contributed by atoms with Gasteiger partial charge in [0, 0.05) is 23.0 Å². The summed E-state index contributed by atoms with van der Waals surface area (Å²) in [5.74, 6) is -2.67. The topological polar surface area (TPSA) is 77.5 Å². The summed E-state index contributed by atoms with van der Waals surface area (Å²) in [5, 5.41) is 2.44. The second-order valence-corrected chi connectivity index (χ2v) is 5.77. The second kappa shape index (κ2) is 8.72. The number of rotatable bonds is 6. The van der Waals surface area contributed by atoms with Crippen LogP contribution in [0.15, 0.2) is 37.0 Å². The smallest absolute Gasteiger partial charge is 0.416 e. The first-order chi connectivity index (χ1) is 13.6. The number of carbonyl (C=O) groups excluding carboxylic acids is 2. The normalized spacial score (nSPS) is 11.0. The molecule has 29 heavy (non-hydrogen) atoms. The zero-order valence-corrected chi connectivity index (χ0v) is 15.4. The number of anilines is 1. The van der Waals surface area contributed by atoms with E-state index in [1.807, 2.05) is 0 Å². The van der Waals surface area contributed by atoms with Gasteiger partial charge in [0.1, 0.15) is 17.3 Å². The van der Waals surface area contributed by atoms with Crippen molar-refractivity contribution < 1.29 is 36.6 Å². The molecule has 0 atom stereocenters. The maximum Gasteiger partial charge on any atom is 0.416 e. The zero-order valence-electron chi connectivity index (χ0n) is 15.4. The molecule has 1 N–H and O–H groups in total. The average Bonchev–Trinajstić information content (AvgIpc) is 2.67. The molecular formula is C19H16F4N2O4. The number of hydrogen-bond donors (Lipinski definition) is 1. The van der Waals surface area contributed by atoms with Gasteiger partial charge >= 0.3 is 12.1 Å². The molecule has 0 spiro atoms. The molecule has 0 saturated carbocycles. The van der Waals surface area contributed by atoms with Crippen LogP contribution in [0, 0.1) is 5.82 Å². The number of alkyl halides is 3. The Morgan fingerprint density at radius 1 is 1.21 bits per heavy atom. The van der Waals surface area contributed by atoms with Crippen LogP contribution >= 0.6 is 0 Å². The quantitative estimate of drug-likeness (QED) is 0.577. The summed E-state index contributed by atoms with van der Waals surface area (Å²) in [7, 11) is 2.29. The van der Waals surface area contributed by atoms with Crippen molar-refractivity contribution >= 4 is 23.1 Å². The van der Waals surface area contributed by atoms with Gasteiger partial charge in [-0.05, 0) is 24.3 Å². The van der Waals surface area contributed by atoms with Crippen LogP contribution < -0.4 is 10.1 Å². The summed E-state index contributed by atoms with van der Waals surface area (Å²) in [5.41, 5.74) is -1.84. The van der Waals surface area contributed by atoms with Gasteiger partial charge < -0.3 is 14.8 Å². The molecule has 1 amide bonds. The van der Waals surface area contributed by atoms with Crippen molar-refractivity contribution in [2.24, 2.45) is 0 Å². The Bertz CT molecular complexity index is 958. The molecule has 1 aromatic heterocycles. The number of hydrogen-bond acceptors (Lipinski definition) is 5. The molecule has 0 aliphatic rings. The minimum atomic E-state index is -4.77. The number of allylic oxidation sites excluding steroid dienone is 1. The molecule has 0 saturated heterocycles. The number of carbonyl (C=O) groups is 2. The van der Waals surface area contributed by atoms with Gasteiger partial charge in [-0.1, -0.05) is 6.58 Å². The lowest BCUT2D eigenvalue weighted by Crippen LogP contribution is -2.17. The van der Waals surface area contributed by atoms with Gasteiger partial charge in [0.25, 0.3) is 0 Å². The molecule has 154 valence electrons. The summed E-state index contributed by atoms with van der Waals surface area (Å²) in [6.07, 6.45) is -3.99. The summed E-state index contributed by atoms with van der Waals surface area (Å²) < 4.78 is 62.3. The molecule has 6 nitrogen and oxygen atoms in total. The van der Waals surface area contributed by atoms with Crippen molar-refractivity contribution in [3.8, 4) is 5.75 Å². The highest BCUT2D eigenvalue weighted by molar-refractivity contribution is 5.94. The Labute approximate surface area is 163 Å². The highest BCUT2D eigenvalue weighted by Gasteiger charge is 2.35. The average molecular weight is 412 g/mol. The lowest BCUT2D eigenvalue weighted by Gasteiger charge is -2.16. The van der Waals surface area contributed by atoms with Crippen LogP contribution in [0.2, 0.25) is 0 Å². The van der Waals surface area contributed by atoms with E-state index in [9.17, 15) is 27.2 Å². The molecule has 0 radical (unpaired) electrons. The number of amides is 1. The maximum atomic E-state index is 14.3. The number of aromatic nitrogens is 1. The largest absolute Gasteiger partial charge is 0.496 e. The Balaban J connectivity index is 2.23. The third-order valence-electron chi connectivity index (χ3n) is 3.83.